The molecule has 3 N–H and O–H groups in total. The number of amides is 4. The van der Waals surface area contributed by atoms with E-state index in [4.69, 9.17) is 0 Å². The van der Waals surface area contributed by atoms with Gasteiger partial charge in [0, 0.05) is 31.0 Å². The Morgan fingerprint density at radius 2 is 1.83 bits per heavy atom. The van der Waals surface area contributed by atoms with Gasteiger partial charge in [0.25, 0.3) is 0 Å². The molecule has 118 valence electrons. The van der Waals surface area contributed by atoms with Crippen molar-refractivity contribution in [1.82, 2.24) is 10.6 Å². The summed E-state index contributed by atoms with van der Waals surface area (Å²) in [5.74, 6) is 0. The number of hydrogen-bond acceptors (Lipinski definition) is 2. The van der Waals surface area contributed by atoms with Crippen molar-refractivity contribution in [2.24, 2.45) is 0 Å². The highest BCUT2D eigenvalue weighted by molar-refractivity contribution is 5.94. The van der Waals surface area contributed by atoms with Crippen molar-refractivity contribution < 1.29 is 9.59 Å². The Morgan fingerprint density at radius 1 is 1.09 bits per heavy atom. The lowest BCUT2D eigenvalue weighted by Crippen LogP contribution is -2.28. The van der Waals surface area contributed by atoms with Crippen LogP contribution >= 0.6 is 0 Å². The number of carbonyl (C=O) groups is 2. The normalized spacial score (nSPS) is 13.6. The SMILES string of the molecule is O=C(NCc1ccccc1)Nc1ccc(N2CCNC2=O)cc1. The Hall–Kier alpha value is -3.02. The van der Waals surface area contributed by atoms with Crippen LogP contribution in [0.4, 0.5) is 21.0 Å². The summed E-state index contributed by atoms with van der Waals surface area (Å²) in [5.41, 5.74) is 2.53. The van der Waals surface area contributed by atoms with Gasteiger partial charge in [0.1, 0.15) is 0 Å². The van der Waals surface area contributed by atoms with Gasteiger partial charge in [-0.1, -0.05) is 30.3 Å². The van der Waals surface area contributed by atoms with Gasteiger partial charge < -0.3 is 16.0 Å². The van der Waals surface area contributed by atoms with E-state index in [-0.39, 0.29) is 12.1 Å². The first-order valence-corrected chi connectivity index (χ1v) is 7.46. The van der Waals surface area contributed by atoms with E-state index in [0.717, 1.165) is 11.3 Å². The van der Waals surface area contributed by atoms with E-state index in [1.807, 2.05) is 42.5 Å². The zero-order chi connectivity index (χ0) is 16.1. The molecule has 2 aromatic carbocycles. The molecule has 0 bridgehead atoms. The van der Waals surface area contributed by atoms with Gasteiger partial charge in [0.05, 0.1) is 0 Å². The fourth-order valence-electron chi connectivity index (χ4n) is 2.40. The Labute approximate surface area is 134 Å². The molecule has 0 saturated carbocycles. The second kappa shape index (κ2) is 6.83. The average Bonchev–Trinajstić information content (AvgIpc) is 3.01. The first-order valence-electron chi connectivity index (χ1n) is 7.46. The minimum atomic E-state index is -0.263. The molecule has 23 heavy (non-hydrogen) atoms. The van der Waals surface area contributed by atoms with Crippen molar-refractivity contribution in [1.29, 1.82) is 0 Å². The molecule has 1 saturated heterocycles. The van der Waals surface area contributed by atoms with Gasteiger partial charge in [0.15, 0.2) is 0 Å². The number of anilines is 2. The number of carbonyl (C=O) groups excluding carboxylic acids is 2. The molecule has 0 aliphatic carbocycles. The fourth-order valence-corrected chi connectivity index (χ4v) is 2.40. The topological polar surface area (TPSA) is 73.5 Å². The van der Waals surface area contributed by atoms with Crippen LogP contribution in [-0.4, -0.2) is 25.2 Å². The highest BCUT2D eigenvalue weighted by atomic mass is 16.2. The maximum atomic E-state index is 11.9. The minimum absolute atomic E-state index is 0.0914. The van der Waals surface area contributed by atoms with E-state index >= 15 is 0 Å². The molecule has 1 aliphatic heterocycles. The molecule has 1 heterocycles. The monoisotopic (exact) mass is 310 g/mol. The number of nitrogens with zero attached hydrogens (tertiary/aromatic N) is 1. The third-order valence-electron chi connectivity index (χ3n) is 3.59. The number of benzene rings is 2. The summed E-state index contributed by atoms with van der Waals surface area (Å²) in [7, 11) is 0. The first kappa shape index (κ1) is 14.9. The van der Waals surface area contributed by atoms with Crippen molar-refractivity contribution in [3.05, 3.63) is 60.2 Å². The second-order valence-electron chi connectivity index (χ2n) is 5.22. The van der Waals surface area contributed by atoms with Crippen molar-refractivity contribution in [2.75, 3.05) is 23.3 Å². The molecule has 6 nitrogen and oxygen atoms in total. The largest absolute Gasteiger partial charge is 0.336 e. The molecule has 4 amide bonds. The summed E-state index contributed by atoms with van der Waals surface area (Å²) in [6, 6.07) is 16.6. The summed E-state index contributed by atoms with van der Waals surface area (Å²) < 4.78 is 0. The van der Waals surface area contributed by atoms with E-state index in [9.17, 15) is 9.59 Å². The summed E-state index contributed by atoms with van der Waals surface area (Å²) in [4.78, 5) is 25.1. The van der Waals surface area contributed by atoms with Crippen LogP contribution in [0.3, 0.4) is 0 Å². The highest BCUT2D eigenvalue weighted by Crippen LogP contribution is 2.19. The Balaban J connectivity index is 1.53. The van der Waals surface area contributed by atoms with Gasteiger partial charge in [0.2, 0.25) is 0 Å². The standard InChI is InChI=1S/C17H18N4O2/c22-16(19-12-13-4-2-1-3-5-13)20-14-6-8-15(9-7-14)21-11-10-18-17(21)23/h1-9H,10-12H2,(H,18,23)(H2,19,20,22). The van der Waals surface area contributed by atoms with Crippen LogP contribution in [-0.2, 0) is 6.54 Å². The van der Waals surface area contributed by atoms with Gasteiger partial charge in [-0.25, -0.2) is 9.59 Å². The zero-order valence-corrected chi connectivity index (χ0v) is 12.6. The smallest absolute Gasteiger partial charge is 0.321 e. The molecule has 0 radical (unpaired) electrons. The fraction of sp³-hybridized carbons (Fsp3) is 0.176. The molecule has 1 aliphatic rings. The van der Waals surface area contributed by atoms with Crippen molar-refractivity contribution in [3.63, 3.8) is 0 Å². The van der Waals surface area contributed by atoms with Crippen LogP contribution < -0.4 is 20.9 Å². The lowest BCUT2D eigenvalue weighted by molar-refractivity contribution is 0.251. The molecule has 0 atom stereocenters. The van der Waals surface area contributed by atoms with Gasteiger partial charge in [-0.3, -0.25) is 4.90 Å². The number of rotatable bonds is 4. The van der Waals surface area contributed by atoms with Crippen LogP contribution in [0.25, 0.3) is 0 Å². The molecule has 0 spiro atoms. The number of nitrogens with one attached hydrogen (secondary N) is 3. The zero-order valence-electron chi connectivity index (χ0n) is 12.6. The maximum absolute atomic E-state index is 11.9. The number of urea groups is 2. The predicted octanol–water partition coefficient (Wildman–Crippen LogP) is 2.54. The Kier molecular flexibility index (Phi) is 4.42. The summed E-state index contributed by atoms with van der Waals surface area (Å²) in [6.07, 6.45) is 0. The quantitative estimate of drug-likeness (QED) is 0.812. The van der Waals surface area contributed by atoms with E-state index in [1.54, 1.807) is 17.0 Å². The Bertz CT molecular complexity index is 685. The Morgan fingerprint density at radius 3 is 2.48 bits per heavy atom. The molecular formula is C17H18N4O2. The second-order valence-corrected chi connectivity index (χ2v) is 5.22. The van der Waals surface area contributed by atoms with Crippen LogP contribution in [0.2, 0.25) is 0 Å². The lowest BCUT2D eigenvalue weighted by Gasteiger charge is -2.15. The van der Waals surface area contributed by atoms with Gasteiger partial charge in [-0.2, -0.15) is 0 Å². The molecule has 6 heteroatoms. The molecule has 1 fully saturated rings. The van der Waals surface area contributed by atoms with Gasteiger partial charge in [-0.05, 0) is 29.8 Å². The van der Waals surface area contributed by atoms with Gasteiger partial charge in [-0.15, -0.1) is 0 Å². The molecule has 0 unspecified atom stereocenters. The van der Waals surface area contributed by atoms with E-state index in [2.05, 4.69) is 16.0 Å². The highest BCUT2D eigenvalue weighted by Gasteiger charge is 2.20. The molecule has 2 aromatic rings. The summed E-state index contributed by atoms with van der Waals surface area (Å²) >= 11 is 0. The van der Waals surface area contributed by atoms with E-state index in [1.165, 1.54) is 0 Å². The maximum Gasteiger partial charge on any atom is 0.321 e. The van der Waals surface area contributed by atoms with Crippen molar-refractivity contribution >= 4 is 23.4 Å². The van der Waals surface area contributed by atoms with Crippen molar-refractivity contribution in [3.8, 4) is 0 Å². The van der Waals surface area contributed by atoms with E-state index in [0.29, 0.717) is 25.3 Å². The van der Waals surface area contributed by atoms with Crippen LogP contribution in [0.1, 0.15) is 5.56 Å². The third-order valence-corrected chi connectivity index (χ3v) is 3.59. The van der Waals surface area contributed by atoms with Crippen LogP contribution in [0, 0.1) is 0 Å². The molecule has 3 rings (SSSR count). The lowest BCUT2D eigenvalue weighted by atomic mass is 10.2. The first-order chi connectivity index (χ1) is 11.2. The van der Waals surface area contributed by atoms with Crippen molar-refractivity contribution in [2.45, 2.75) is 6.54 Å². The molecule has 0 aromatic heterocycles. The summed E-state index contributed by atoms with van der Waals surface area (Å²) in [6.45, 7) is 1.78. The van der Waals surface area contributed by atoms with Gasteiger partial charge >= 0.3 is 12.1 Å². The molecular weight excluding hydrogens is 292 g/mol. The minimum Gasteiger partial charge on any atom is -0.336 e. The average molecular weight is 310 g/mol. The third kappa shape index (κ3) is 3.79. The van der Waals surface area contributed by atoms with Crippen LogP contribution in [0.5, 0.6) is 0 Å². The van der Waals surface area contributed by atoms with Crippen LogP contribution in [0.15, 0.2) is 54.6 Å². The van der Waals surface area contributed by atoms with E-state index < -0.39 is 0 Å². The number of hydrogen-bond donors (Lipinski definition) is 3. The summed E-state index contributed by atoms with van der Waals surface area (Å²) in [5, 5.41) is 8.33. The predicted molar refractivity (Wildman–Crippen MR) is 89.5 cm³/mol.